The zero-order valence-corrected chi connectivity index (χ0v) is 13.8. The van der Waals surface area contributed by atoms with Gasteiger partial charge in [0.05, 0.1) is 12.0 Å². The molecule has 2 N–H and O–H groups in total. The Kier molecular flexibility index (Phi) is 5.15. The zero-order chi connectivity index (χ0) is 16.3. The molecule has 0 saturated heterocycles. The van der Waals surface area contributed by atoms with Crippen LogP contribution in [-0.2, 0) is 15.0 Å². The summed E-state index contributed by atoms with van der Waals surface area (Å²) in [6, 6.07) is 7.86. The standard InChI is InChI=1S/C17H26N2O2/c1-12-7-9-13(10-8-12)17(5,6)15(21)18-11-14(20)19-16(2,3)4/h7-10H,11H2,1-6H3,(H,18,21)(H,19,20). The lowest BCUT2D eigenvalue weighted by Gasteiger charge is -2.25. The van der Waals surface area contributed by atoms with Crippen molar-refractivity contribution in [3.8, 4) is 0 Å². The van der Waals surface area contributed by atoms with Crippen LogP contribution in [0.15, 0.2) is 24.3 Å². The van der Waals surface area contributed by atoms with E-state index < -0.39 is 5.41 Å². The summed E-state index contributed by atoms with van der Waals surface area (Å²) in [5.41, 5.74) is 1.12. The molecule has 0 bridgehead atoms. The molecule has 0 unspecified atom stereocenters. The van der Waals surface area contributed by atoms with Crippen molar-refractivity contribution in [2.24, 2.45) is 0 Å². The van der Waals surface area contributed by atoms with Crippen LogP contribution in [0, 0.1) is 6.92 Å². The number of carbonyl (C=O) groups excluding carboxylic acids is 2. The van der Waals surface area contributed by atoms with Crippen molar-refractivity contribution in [3.05, 3.63) is 35.4 Å². The van der Waals surface area contributed by atoms with Crippen molar-refractivity contribution in [2.45, 2.75) is 52.5 Å². The topological polar surface area (TPSA) is 58.2 Å². The molecule has 0 aliphatic carbocycles. The third-order valence-corrected chi connectivity index (χ3v) is 3.26. The van der Waals surface area contributed by atoms with E-state index in [1.807, 2.05) is 65.8 Å². The summed E-state index contributed by atoms with van der Waals surface area (Å²) in [4.78, 5) is 24.1. The van der Waals surface area contributed by atoms with E-state index >= 15 is 0 Å². The predicted molar refractivity (Wildman–Crippen MR) is 85.1 cm³/mol. The van der Waals surface area contributed by atoms with Crippen LogP contribution in [0.25, 0.3) is 0 Å². The Morgan fingerprint density at radius 1 is 1.00 bits per heavy atom. The number of hydrogen-bond donors (Lipinski definition) is 2. The second-order valence-electron chi connectivity index (χ2n) is 6.97. The van der Waals surface area contributed by atoms with Gasteiger partial charge in [-0.1, -0.05) is 29.8 Å². The highest BCUT2D eigenvalue weighted by Gasteiger charge is 2.30. The van der Waals surface area contributed by atoms with Crippen LogP contribution in [0.5, 0.6) is 0 Å². The average Bonchev–Trinajstić information content (AvgIpc) is 2.34. The van der Waals surface area contributed by atoms with Gasteiger partial charge in [-0.25, -0.2) is 0 Å². The normalized spacial score (nSPS) is 11.9. The summed E-state index contributed by atoms with van der Waals surface area (Å²) in [6.07, 6.45) is 0. The minimum Gasteiger partial charge on any atom is -0.350 e. The highest BCUT2D eigenvalue weighted by Crippen LogP contribution is 2.23. The number of amides is 2. The first-order valence-corrected chi connectivity index (χ1v) is 7.19. The third kappa shape index (κ3) is 5.21. The molecule has 2 amide bonds. The summed E-state index contributed by atoms with van der Waals surface area (Å²) in [5, 5.41) is 5.53. The van der Waals surface area contributed by atoms with Crippen LogP contribution in [0.3, 0.4) is 0 Å². The Balaban J connectivity index is 2.66. The molecule has 0 aliphatic heterocycles. The quantitative estimate of drug-likeness (QED) is 0.894. The van der Waals surface area contributed by atoms with Gasteiger partial charge in [-0.3, -0.25) is 9.59 Å². The van der Waals surface area contributed by atoms with Gasteiger partial charge in [0.1, 0.15) is 0 Å². The summed E-state index contributed by atoms with van der Waals surface area (Å²) in [6.45, 7) is 11.4. The summed E-state index contributed by atoms with van der Waals surface area (Å²) in [5.74, 6) is -0.342. The predicted octanol–water partition coefficient (Wildman–Crippen LogP) is 2.30. The van der Waals surface area contributed by atoms with Gasteiger partial charge in [0.15, 0.2) is 0 Å². The highest BCUT2D eigenvalue weighted by molar-refractivity contribution is 5.91. The van der Waals surface area contributed by atoms with Crippen molar-refractivity contribution in [1.29, 1.82) is 0 Å². The largest absolute Gasteiger partial charge is 0.350 e. The van der Waals surface area contributed by atoms with Crippen LogP contribution < -0.4 is 10.6 Å². The van der Waals surface area contributed by atoms with E-state index in [4.69, 9.17) is 0 Å². The first-order chi connectivity index (χ1) is 9.52. The molecule has 0 aromatic heterocycles. The van der Waals surface area contributed by atoms with Crippen molar-refractivity contribution in [2.75, 3.05) is 6.54 Å². The Morgan fingerprint density at radius 2 is 1.52 bits per heavy atom. The number of nitrogens with one attached hydrogen (secondary N) is 2. The number of rotatable bonds is 4. The van der Waals surface area contributed by atoms with E-state index in [1.54, 1.807) is 0 Å². The van der Waals surface area contributed by atoms with E-state index in [1.165, 1.54) is 0 Å². The first-order valence-electron chi connectivity index (χ1n) is 7.19. The van der Waals surface area contributed by atoms with E-state index in [9.17, 15) is 9.59 Å². The van der Waals surface area contributed by atoms with Gasteiger partial charge >= 0.3 is 0 Å². The van der Waals surface area contributed by atoms with Crippen molar-refractivity contribution in [1.82, 2.24) is 10.6 Å². The van der Waals surface area contributed by atoms with Gasteiger partial charge in [0, 0.05) is 5.54 Å². The van der Waals surface area contributed by atoms with Crippen LogP contribution >= 0.6 is 0 Å². The Morgan fingerprint density at radius 3 is 2.00 bits per heavy atom. The minimum atomic E-state index is -0.671. The second kappa shape index (κ2) is 6.29. The molecule has 4 nitrogen and oxygen atoms in total. The molecule has 1 aromatic rings. The van der Waals surface area contributed by atoms with Gasteiger partial charge in [-0.2, -0.15) is 0 Å². The van der Waals surface area contributed by atoms with Crippen LogP contribution in [0.1, 0.15) is 45.7 Å². The lowest BCUT2D eigenvalue weighted by Crippen LogP contribution is -2.48. The minimum absolute atomic E-state index is 0.00854. The van der Waals surface area contributed by atoms with Crippen LogP contribution in [0.4, 0.5) is 0 Å². The molecule has 0 radical (unpaired) electrons. The molecule has 0 spiro atoms. The maximum Gasteiger partial charge on any atom is 0.239 e. The first kappa shape index (κ1) is 17.2. The van der Waals surface area contributed by atoms with Crippen molar-refractivity contribution >= 4 is 11.8 Å². The molecule has 0 fully saturated rings. The molecule has 0 heterocycles. The van der Waals surface area contributed by atoms with E-state index in [2.05, 4.69) is 10.6 Å². The summed E-state index contributed by atoms with van der Waals surface area (Å²) >= 11 is 0. The van der Waals surface area contributed by atoms with Crippen molar-refractivity contribution < 1.29 is 9.59 Å². The maximum absolute atomic E-state index is 12.3. The molecule has 116 valence electrons. The van der Waals surface area contributed by atoms with E-state index in [0.717, 1.165) is 11.1 Å². The Labute approximate surface area is 127 Å². The Bertz CT molecular complexity index is 511. The molecular weight excluding hydrogens is 264 g/mol. The molecule has 0 saturated carbocycles. The number of aryl methyl sites for hydroxylation is 1. The monoisotopic (exact) mass is 290 g/mol. The zero-order valence-electron chi connectivity index (χ0n) is 13.8. The Hall–Kier alpha value is -1.84. The SMILES string of the molecule is Cc1ccc(C(C)(C)C(=O)NCC(=O)NC(C)(C)C)cc1. The van der Waals surface area contributed by atoms with Crippen LogP contribution in [-0.4, -0.2) is 23.9 Å². The van der Waals surface area contributed by atoms with Gasteiger partial charge < -0.3 is 10.6 Å². The van der Waals surface area contributed by atoms with Crippen molar-refractivity contribution in [3.63, 3.8) is 0 Å². The average molecular weight is 290 g/mol. The molecule has 1 rings (SSSR count). The summed E-state index contributed by atoms with van der Waals surface area (Å²) in [7, 11) is 0. The number of carbonyl (C=O) groups is 2. The fraction of sp³-hybridized carbons (Fsp3) is 0.529. The van der Waals surface area contributed by atoms with Gasteiger partial charge in [0.25, 0.3) is 0 Å². The van der Waals surface area contributed by atoms with Gasteiger partial charge in [-0.15, -0.1) is 0 Å². The fourth-order valence-electron chi connectivity index (χ4n) is 1.95. The smallest absolute Gasteiger partial charge is 0.239 e. The van der Waals surface area contributed by atoms with Gasteiger partial charge in [-0.05, 0) is 47.1 Å². The molecule has 4 heteroatoms. The van der Waals surface area contributed by atoms with Crippen LogP contribution in [0.2, 0.25) is 0 Å². The third-order valence-electron chi connectivity index (χ3n) is 3.26. The maximum atomic E-state index is 12.3. The molecule has 0 aliphatic rings. The van der Waals surface area contributed by atoms with E-state index in [0.29, 0.717) is 0 Å². The number of benzene rings is 1. The highest BCUT2D eigenvalue weighted by atomic mass is 16.2. The lowest BCUT2D eigenvalue weighted by atomic mass is 9.83. The molecule has 21 heavy (non-hydrogen) atoms. The molecule has 0 atom stereocenters. The fourth-order valence-corrected chi connectivity index (χ4v) is 1.95. The molecular formula is C17H26N2O2. The van der Waals surface area contributed by atoms with Gasteiger partial charge in [0.2, 0.25) is 11.8 Å². The second-order valence-corrected chi connectivity index (χ2v) is 6.97. The number of hydrogen-bond acceptors (Lipinski definition) is 2. The molecule has 1 aromatic carbocycles. The lowest BCUT2D eigenvalue weighted by molar-refractivity contribution is -0.129. The van der Waals surface area contributed by atoms with E-state index in [-0.39, 0.29) is 23.9 Å². The summed E-state index contributed by atoms with van der Waals surface area (Å²) < 4.78 is 0.